The van der Waals surface area contributed by atoms with Crippen molar-refractivity contribution in [2.75, 3.05) is 13.2 Å². The van der Waals surface area contributed by atoms with Crippen LogP contribution < -0.4 is 5.32 Å². The number of carbonyl (C=O) groups is 2. The number of esters is 2. The first kappa shape index (κ1) is 54.4. The van der Waals surface area contributed by atoms with Gasteiger partial charge in [0.1, 0.15) is 3.92 Å². The fourth-order valence-corrected chi connectivity index (χ4v) is 5.52. The molecule has 0 saturated heterocycles. The minimum Gasteiger partial charge on any atom is -0.466 e. The Kier molecular flexibility index (Phi) is 49.3. The topological polar surface area (TPSA) is 64.6 Å². The van der Waals surface area contributed by atoms with Gasteiger partial charge in [-0.1, -0.05) is 176 Å². The molecule has 52 heavy (non-hydrogen) atoms. The molecule has 0 aromatic heterocycles. The molecule has 0 spiro atoms. The molecule has 0 saturated carbocycles. The molecule has 0 aliphatic carbocycles. The molecule has 5 nitrogen and oxygen atoms in total. The Labute approximate surface area is 336 Å². The van der Waals surface area contributed by atoms with E-state index < -0.39 is 0 Å². The monoisotopic (exact) mass is 840 g/mol. The van der Waals surface area contributed by atoms with Crippen molar-refractivity contribution in [1.82, 2.24) is 5.32 Å². The second kappa shape index (κ2) is 47.1. The van der Waals surface area contributed by atoms with Crippen molar-refractivity contribution in [3.05, 3.63) is 72.9 Å². The quantitative estimate of drug-likeness (QED) is 0.0257. The minimum absolute atomic E-state index is 0.0198. The van der Waals surface area contributed by atoms with E-state index in [2.05, 4.69) is 142 Å². The highest BCUT2D eigenvalue weighted by molar-refractivity contribution is 14.1. The molecule has 1 N–H and O–H groups in total. The van der Waals surface area contributed by atoms with Crippen molar-refractivity contribution in [3.8, 4) is 0 Å². The summed E-state index contributed by atoms with van der Waals surface area (Å²) in [5.74, 6) is -0.113. The highest BCUT2D eigenvalue weighted by atomic mass is 127. The van der Waals surface area contributed by atoms with Gasteiger partial charge in [0.2, 0.25) is 0 Å². The van der Waals surface area contributed by atoms with E-state index in [0.29, 0.717) is 31.7 Å². The number of carbonyl (C=O) groups excluding carboxylic acids is 2. The molecule has 0 aromatic rings. The lowest BCUT2D eigenvalue weighted by Crippen LogP contribution is -2.29. The van der Waals surface area contributed by atoms with Crippen LogP contribution in [0.15, 0.2) is 72.9 Å². The van der Waals surface area contributed by atoms with Crippen LogP contribution in [0.2, 0.25) is 0 Å². The molecular weight excluding hydrogens is 757 g/mol. The van der Waals surface area contributed by atoms with Crippen molar-refractivity contribution < 1.29 is 19.1 Å². The summed E-state index contributed by atoms with van der Waals surface area (Å²) in [7, 11) is 0. The molecule has 0 aliphatic heterocycles. The van der Waals surface area contributed by atoms with Crippen LogP contribution in [0.25, 0.3) is 0 Å². The van der Waals surface area contributed by atoms with Gasteiger partial charge >= 0.3 is 11.9 Å². The van der Waals surface area contributed by atoms with E-state index in [9.17, 15) is 9.59 Å². The van der Waals surface area contributed by atoms with Crippen molar-refractivity contribution in [1.29, 1.82) is 0 Å². The van der Waals surface area contributed by atoms with Gasteiger partial charge in [0.15, 0.2) is 0 Å². The number of allylic oxidation sites excluding steroid dienone is 12. The number of rotatable bonds is 30. The maximum Gasteiger partial charge on any atom is 0.318 e. The van der Waals surface area contributed by atoms with E-state index >= 15 is 0 Å². The Morgan fingerprint density at radius 1 is 0.519 bits per heavy atom. The Morgan fingerprint density at radius 3 is 1.31 bits per heavy atom. The molecule has 1 unspecified atom stereocenters. The first-order valence-electron chi connectivity index (χ1n) is 20.8. The van der Waals surface area contributed by atoms with Gasteiger partial charge in [-0.3, -0.25) is 9.59 Å². The zero-order chi connectivity index (χ0) is 39.3. The number of halogens is 1. The summed E-state index contributed by atoms with van der Waals surface area (Å²) < 4.78 is 9.93. The number of nitrogens with one attached hydrogen (secondary N) is 1. The molecule has 0 aliphatic rings. The first-order valence-corrected chi connectivity index (χ1v) is 22.0. The number of hydrogen-bond acceptors (Lipinski definition) is 5. The van der Waals surface area contributed by atoms with Crippen molar-refractivity contribution in [2.24, 2.45) is 0 Å². The normalized spacial score (nSPS) is 12.4. The predicted molar refractivity (Wildman–Crippen MR) is 238 cm³/mol. The summed E-state index contributed by atoms with van der Waals surface area (Å²) >= 11 is 2.19. The fourth-order valence-electron chi connectivity index (χ4n) is 4.90. The average Bonchev–Trinajstić information content (AvgIpc) is 3.10. The Bertz CT molecular complexity index is 927. The Balaban J connectivity index is -0.000000780. The van der Waals surface area contributed by atoms with Gasteiger partial charge in [-0.2, -0.15) is 0 Å². The molecule has 0 aromatic carbocycles. The minimum atomic E-state index is -0.0609. The Morgan fingerprint density at radius 2 is 0.904 bits per heavy atom. The number of hydrogen-bond donors (Lipinski definition) is 1. The zero-order valence-electron chi connectivity index (χ0n) is 35.0. The van der Waals surface area contributed by atoms with Crippen LogP contribution in [0.1, 0.15) is 177 Å². The highest BCUT2D eigenvalue weighted by Gasteiger charge is 2.14. The first-order chi connectivity index (χ1) is 25.2. The van der Waals surface area contributed by atoms with E-state index in [4.69, 9.17) is 9.47 Å². The van der Waals surface area contributed by atoms with Crippen molar-refractivity contribution >= 4 is 34.5 Å². The van der Waals surface area contributed by atoms with Crippen LogP contribution in [0.5, 0.6) is 0 Å². The lowest BCUT2D eigenvalue weighted by atomic mass is 10.1. The van der Waals surface area contributed by atoms with Gasteiger partial charge < -0.3 is 14.8 Å². The molecule has 6 heteroatoms. The molecule has 1 atom stereocenters. The number of alkyl halides is 1. The summed E-state index contributed by atoms with van der Waals surface area (Å²) in [6.07, 6.45) is 47.7. The fraction of sp³-hybridized carbons (Fsp3) is 0.696. The lowest BCUT2D eigenvalue weighted by Gasteiger charge is -2.10. The summed E-state index contributed by atoms with van der Waals surface area (Å²) in [4.78, 5) is 22.6. The van der Waals surface area contributed by atoms with Crippen LogP contribution in [0.3, 0.4) is 0 Å². The van der Waals surface area contributed by atoms with Gasteiger partial charge in [0.05, 0.1) is 13.2 Å². The predicted octanol–water partition coefficient (Wildman–Crippen LogP) is 14.1. The zero-order valence-corrected chi connectivity index (χ0v) is 37.2. The SMILES string of the molecule is CC(C)NC(C)C.CC/C=C\C/C=C\C/C=C\CCCCCCC(I)C(=O)OCC.CC/C=C\C/C=C\C/C=C\CCCCCCCC(=O)OCC. The van der Waals surface area contributed by atoms with E-state index in [1.807, 2.05) is 13.8 Å². The van der Waals surface area contributed by atoms with Gasteiger partial charge in [-0.25, -0.2) is 0 Å². The van der Waals surface area contributed by atoms with Crippen molar-refractivity contribution in [2.45, 2.75) is 193 Å². The smallest absolute Gasteiger partial charge is 0.318 e. The highest BCUT2D eigenvalue weighted by Crippen LogP contribution is 2.15. The van der Waals surface area contributed by atoms with Gasteiger partial charge in [-0.15, -0.1) is 0 Å². The average molecular weight is 840 g/mol. The largest absolute Gasteiger partial charge is 0.466 e. The Hall–Kier alpha value is -1.93. The molecule has 0 rings (SSSR count). The molecule has 0 amide bonds. The summed E-state index contributed by atoms with van der Waals surface area (Å²) in [5.41, 5.74) is 0. The lowest BCUT2D eigenvalue weighted by molar-refractivity contribution is -0.143. The van der Waals surface area contributed by atoms with Crippen LogP contribution in [-0.4, -0.2) is 41.2 Å². The van der Waals surface area contributed by atoms with E-state index in [-0.39, 0.29) is 15.9 Å². The molecule has 0 fully saturated rings. The van der Waals surface area contributed by atoms with Gasteiger partial charge in [-0.05, 0) is 90.9 Å². The number of unbranched alkanes of at least 4 members (excludes halogenated alkanes) is 9. The summed E-state index contributed by atoms with van der Waals surface area (Å²) in [5, 5.41) is 3.31. The van der Waals surface area contributed by atoms with E-state index in [1.165, 1.54) is 44.9 Å². The summed E-state index contributed by atoms with van der Waals surface area (Å²) in [6.45, 7) is 17.6. The maximum atomic E-state index is 11.5. The molecule has 0 bridgehead atoms. The number of ether oxygens (including phenoxy) is 2. The van der Waals surface area contributed by atoms with Gasteiger partial charge in [0, 0.05) is 18.5 Å². The van der Waals surface area contributed by atoms with Crippen LogP contribution >= 0.6 is 22.6 Å². The van der Waals surface area contributed by atoms with E-state index in [0.717, 1.165) is 70.6 Å². The van der Waals surface area contributed by atoms with Crippen LogP contribution in [0, 0.1) is 0 Å². The molecule has 0 radical (unpaired) electrons. The third-order valence-corrected chi connectivity index (χ3v) is 8.54. The van der Waals surface area contributed by atoms with E-state index in [1.54, 1.807) is 0 Å². The van der Waals surface area contributed by atoms with Gasteiger partial charge in [0.25, 0.3) is 0 Å². The van der Waals surface area contributed by atoms with Crippen LogP contribution in [0.4, 0.5) is 0 Å². The molecule has 0 heterocycles. The van der Waals surface area contributed by atoms with Crippen LogP contribution in [-0.2, 0) is 19.1 Å². The third kappa shape index (κ3) is 52.4. The second-order valence-corrected chi connectivity index (χ2v) is 14.9. The standard InChI is InChI=1S/C20H33IO2.C20H34O2.C6H15N/c1-3-5-6-7-8-9-10-11-12-13-14-15-16-17-18-19(21)20(22)23-4-2;1-3-5-6-7-8-9-10-11-12-13-14-15-16-17-18-19-20(21)22-4-2;1-5(2)7-6(3)4/h5-6,8-9,11-12,19H,3-4,7,10,13-18H2,1-2H3;5-6,8-9,11-12H,3-4,7,10,13-19H2,1-2H3;5-7H,1-4H3/b2*6-5-,9-8-,12-11-;. The second-order valence-electron chi connectivity index (χ2n) is 13.4. The molecular formula is C46H82INO4. The third-order valence-electron chi connectivity index (χ3n) is 7.40. The van der Waals surface area contributed by atoms with Crippen molar-refractivity contribution in [3.63, 3.8) is 0 Å². The molecule has 302 valence electrons. The summed E-state index contributed by atoms with van der Waals surface area (Å²) in [6, 6.07) is 1.25. The maximum absolute atomic E-state index is 11.5.